The van der Waals surface area contributed by atoms with E-state index in [1.807, 2.05) is 12.1 Å². The van der Waals surface area contributed by atoms with Gasteiger partial charge in [0.25, 0.3) is 5.91 Å². The second-order valence-corrected chi connectivity index (χ2v) is 9.20. The first kappa shape index (κ1) is 24.3. The lowest BCUT2D eigenvalue weighted by atomic mass is 9.80. The van der Waals surface area contributed by atoms with Crippen LogP contribution in [0.3, 0.4) is 0 Å². The molecule has 1 aliphatic rings. The Morgan fingerprint density at radius 1 is 1.17 bits per heavy atom. The van der Waals surface area contributed by atoms with Gasteiger partial charge in [0.15, 0.2) is 5.82 Å². The highest BCUT2D eigenvalue weighted by Crippen LogP contribution is 2.42. The Morgan fingerprint density at radius 3 is 2.69 bits per heavy atom. The molecule has 2 aromatic carbocycles. The van der Waals surface area contributed by atoms with Gasteiger partial charge in [-0.3, -0.25) is 9.59 Å². The normalized spacial score (nSPS) is 14.3. The lowest BCUT2D eigenvalue weighted by Crippen LogP contribution is -2.19. The average Bonchev–Trinajstić information content (AvgIpc) is 2.95. The third-order valence-corrected chi connectivity index (χ3v) is 6.24. The van der Waals surface area contributed by atoms with E-state index in [-0.39, 0.29) is 23.2 Å². The summed E-state index contributed by atoms with van der Waals surface area (Å²) in [6, 6.07) is 10.8. The summed E-state index contributed by atoms with van der Waals surface area (Å²) in [7, 11) is 3.13. The second-order valence-electron chi connectivity index (χ2n) is 8.79. The molecule has 0 bridgehead atoms. The number of carbonyl (C=O) groups is 2. The van der Waals surface area contributed by atoms with Crippen molar-refractivity contribution in [1.29, 1.82) is 0 Å². The number of ether oxygens (including phenoxy) is 1. The zero-order valence-corrected chi connectivity index (χ0v) is 20.7. The number of halogens is 1. The van der Waals surface area contributed by atoms with Gasteiger partial charge in [-0.2, -0.15) is 4.98 Å². The number of anilines is 5. The van der Waals surface area contributed by atoms with Crippen molar-refractivity contribution in [1.82, 2.24) is 15.3 Å². The highest BCUT2D eigenvalue weighted by Gasteiger charge is 2.30. The summed E-state index contributed by atoms with van der Waals surface area (Å²) in [6.45, 7) is 4.21. The van der Waals surface area contributed by atoms with E-state index >= 15 is 0 Å². The minimum absolute atomic E-state index is 0.0200. The van der Waals surface area contributed by atoms with Gasteiger partial charge in [0.2, 0.25) is 11.9 Å². The maximum Gasteiger partial charge on any atom is 0.253 e. The number of nitrogens with zero attached hydrogens (tertiary/aromatic N) is 2. The Kier molecular flexibility index (Phi) is 6.79. The first-order valence-electron chi connectivity index (χ1n) is 11.1. The van der Waals surface area contributed by atoms with Gasteiger partial charge in [-0.15, -0.1) is 0 Å². The molecule has 4 rings (SSSR count). The molecule has 1 aromatic heterocycles. The number of para-hydroxylation sites is 1. The summed E-state index contributed by atoms with van der Waals surface area (Å²) in [5.74, 6) is 0.888. The lowest BCUT2D eigenvalue weighted by Gasteiger charge is -2.26. The summed E-state index contributed by atoms with van der Waals surface area (Å²) in [5.41, 5.74) is 3.14. The topological polar surface area (TPSA) is 117 Å². The highest BCUT2D eigenvalue weighted by atomic mass is 35.5. The van der Waals surface area contributed by atoms with E-state index in [0.717, 1.165) is 11.3 Å². The molecule has 0 unspecified atom stereocenters. The number of rotatable bonds is 6. The van der Waals surface area contributed by atoms with Gasteiger partial charge >= 0.3 is 0 Å². The minimum atomic E-state index is -0.235. The van der Waals surface area contributed by atoms with E-state index in [1.165, 1.54) is 6.20 Å². The number of methoxy groups -OCH3 is 1. The van der Waals surface area contributed by atoms with Crippen LogP contribution in [0.1, 0.15) is 42.6 Å². The Bertz CT molecular complexity index is 1290. The van der Waals surface area contributed by atoms with Gasteiger partial charge in [-0.25, -0.2) is 4.98 Å². The van der Waals surface area contributed by atoms with Gasteiger partial charge < -0.3 is 26.0 Å². The summed E-state index contributed by atoms with van der Waals surface area (Å²) in [5, 5.41) is 12.2. The fraction of sp³-hybridized carbons (Fsp3) is 0.280. The minimum Gasteiger partial charge on any atom is -0.494 e. The van der Waals surface area contributed by atoms with Crippen molar-refractivity contribution in [3.63, 3.8) is 0 Å². The van der Waals surface area contributed by atoms with Crippen molar-refractivity contribution in [2.24, 2.45) is 0 Å². The van der Waals surface area contributed by atoms with Crippen molar-refractivity contribution < 1.29 is 14.3 Å². The first-order valence-corrected chi connectivity index (χ1v) is 11.5. The van der Waals surface area contributed by atoms with Gasteiger partial charge in [0, 0.05) is 25.2 Å². The molecule has 2 heterocycles. The molecule has 4 N–H and O–H groups in total. The summed E-state index contributed by atoms with van der Waals surface area (Å²) < 4.78 is 5.58. The van der Waals surface area contributed by atoms with Crippen molar-refractivity contribution in [3.05, 3.63) is 58.7 Å². The summed E-state index contributed by atoms with van der Waals surface area (Å²) in [4.78, 5) is 33.2. The van der Waals surface area contributed by atoms with Gasteiger partial charge in [0.05, 0.1) is 30.2 Å². The third-order valence-electron chi connectivity index (χ3n) is 5.96. The molecule has 182 valence electrons. The number of nitrogens with one attached hydrogen (secondary N) is 4. The van der Waals surface area contributed by atoms with Crippen LogP contribution in [0.5, 0.6) is 5.75 Å². The number of hydrogen-bond acceptors (Lipinski definition) is 7. The zero-order valence-electron chi connectivity index (χ0n) is 20.0. The number of amides is 2. The van der Waals surface area contributed by atoms with Crippen molar-refractivity contribution in [2.45, 2.75) is 32.1 Å². The molecular formula is C25H27ClN6O3. The molecular weight excluding hydrogens is 468 g/mol. The van der Waals surface area contributed by atoms with E-state index < -0.39 is 0 Å². The van der Waals surface area contributed by atoms with Crippen LogP contribution < -0.4 is 26.0 Å². The van der Waals surface area contributed by atoms with Gasteiger partial charge in [-0.1, -0.05) is 37.6 Å². The maximum atomic E-state index is 12.2. The third kappa shape index (κ3) is 5.14. The largest absolute Gasteiger partial charge is 0.494 e. The predicted molar refractivity (Wildman–Crippen MR) is 137 cm³/mol. The van der Waals surface area contributed by atoms with Crippen LogP contribution in [0.25, 0.3) is 0 Å². The molecule has 0 atom stereocenters. The van der Waals surface area contributed by atoms with Gasteiger partial charge in [0.1, 0.15) is 10.8 Å². The zero-order chi connectivity index (χ0) is 25.2. The first-order chi connectivity index (χ1) is 16.7. The number of fused-ring (bicyclic) bond motifs is 1. The smallest absolute Gasteiger partial charge is 0.253 e. The molecule has 3 aromatic rings. The Balaban J connectivity index is 1.69. The Hall–Kier alpha value is -3.85. The fourth-order valence-corrected chi connectivity index (χ4v) is 4.11. The molecule has 0 spiro atoms. The van der Waals surface area contributed by atoms with Gasteiger partial charge in [-0.05, 0) is 35.6 Å². The monoisotopic (exact) mass is 494 g/mol. The number of benzene rings is 2. The van der Waals surface area contributed by atoms with Crippen LogP contribution >= 0.6 is 11.6 Å². The van der Waals surface area contributed by atoms with Crippen LogP contribution in [-0.4, -0.2) is 35.9 Å². The lowest BCUT2D eigenvalue weighted by molar-refractivity contribution is -0.116. The van der Waals surface area contributed by atoms with E-state index in [2.05, 4.69) is 45.1 Å². The van der Waals surface area contributed by atoms with Crippen molar-refractivity contribution in [2.75, 3.05) is 30.1 Å². The summed E-state index contributed by atoms with van der Waals surface area (Å²) in [6.07, 6.45) is 2.63. The highest BCUT2D eigenvalue weighted by molar-refractivity contribution is 6.33. The Labute approximate surface area is 208 Å². The number of hydrogen-bond donors (Lipinski definition) is 4. The quantitative estimate of drug-likeness (QED) is 0.381. The molecule has 0 aliphatic carbocycles. The average molecular weight is 495 g/mol. The molecule has 2 amide bonds. The van der Waals surface area contributed by atoms with E-state index in [1.54, 1.807) is 38.4 Å². The van der Waals surface area contributed by atoms with E-state index in [0.29, 0.717) is 46.4 Å². The van der Waals surface area contributed by atoms with E-state index in [4.69, 9.17) is 16.3 Å². The van der Waals surface area contributed by atoms with Crippen LogP contribution in [-0.2, 0) is 10.2 Å². The number of aromatic nitrogens is 2. The molecule has 1 aliphatic heterocycles. The molecule has 10 heteroatoms. The molecule has 35 heavy (non-hydrogen) atoms. The Morgan fingerprint density at radius 2 is 1.94 bits per heavy atom. The van der Waals surface area contributed by atoms with Crippen molar-refractivity contribution >= 4 is 52.2 Å². The van der Waals surface area contributed by atoms with Crippen LogP contribution in [0, 0.1) is 0 Å². The summed E-state index contributed by atoms with van der Waals surface area (Å²) >= 11 is 6.36. The van der Waals surface area contributed by atoms with Crippen molar-refractivity contribution in [3.8, 4) is 5.75 Å². The second kappa shape index (κ2) is 9.79. The standard InChI is InChI=1S/C25H27ClN6O3/c1-25(2)10-9-21(33)29-18-12-20(35-4)19(11-15(18)25)31-24-28-13-16(26)22(32-24)30-17-8-6-5-7-14(17)23(34)27-3/h5-8,11-13H,9-10H2,1-4H3,(H,27,34)(H,29,33)(H2,28,30,31,32). The molecule has 0 saturated heterocycles. The van der Waals surface area contributed by atoms with E-state index in [9.17, 15) is 9.59 Å². The van der Waals surface area contributed by atoms with Crippen LogP contribution in [0.2, 0.25) is 5.02 Å². The predicted octanol–water partition coefficient (Wildman–Crippen LogP) is 5.00. The van der Waals surface area contributed by atoms with Crippen LogP contribution in [0.4, 0.5) is 28.8 Å². The molecule has 0 saturated carbocycles. The fourth-order valence-electron chi connectivity index (χ4n) is 3.97. The van der Waals surface area contributed by atoms with Crippen LogP contribution in [0.15, 0.2) is 42.6 Å². The number of carbonyl (C=O) groups excluding carboxylic acids is 2. The molecule has 9 nitrogen and oxygen atoms in total. The maximum absolute atomic E-state index is 12.2. The molecule has 0 fully saturated rings. The molecule has 0 radical (unpaired) electrons. The SMILES string of the molecule is CNC(=O)c1ccccc1Nc1nc(Nc2cc3c(cc2OC)NC(=O)CCC3(C)C)ncc1Cl.